The Morgan fingerprint density at radius 1 is 1.39 bits per heavy atom. The Labute approximate surface area is 110 Å². The van der Waals surface area contributed by atoms with Crippen molar-refractivity contribution in [1.29, 1.82) is 5.41 Å². The normalized spacial score (nSPS) is 13.1. The maximum atomic E-state index is 7.39. The first-order valence-corrected chi connectivity index (χ1v) is 6.50. The lowest BCUT2D eigenvalue weighted by molar-refractivity contribution is 0.795. The lowest BCUT2D eigenvalue weighted by Gasteiger charge is -2.09. The van der Waals surface area contributed by atoms with Crippen LogP contribution in [0.5, 0.6) is 0 Å². The highest BCUT2D eigenvalue weighted by molar-refractivity contribution is 6.29. The number of hydrogen-bond acceptors (Lipinski definition) is 2. The molecule has 1 atom stereocenters. The Kier molecular flexibility index (Phi) is 6.06. The number of nitrogens with one attached hydrogen (secondary N) is 1. The topological polar surface area (TPSA) is 36.2 Å². The number of nitrogens with zero attached hydrogens (tertiary/aromatic N) is 1. The summed E-state index contributed by atoms with van der Waals surface area (Å²) in [6.07, 6.45) is 6.34. The first kappa shape index (κ1) is 14.4. The van der Waals surface area contributed by atoms with Crippen molar-refractivity contribution in [2.75, 3.05) is 0 Å². The average molecular weight is 242 g/mol. The zero-order valence-electron chi connectivity index (χ0n) is 11.3. The molecule has 2 heteroatoms. The van der Waals surface area contributed by atoms with Gasteiger partial charge in [0.2, 0.25) is 0 Å². The van der Waals surface area contributed by atoms with Crippen molar-refractivity contribution in [3.63, 3.8) is 0 Å². The van der Waals surface area contributed by atoms with Crippen LogP contribution in [0.2, 0.25) is 0 Å². The van der Waals surface area contributed by atoms with E-state index < -0.39 is 0 Å². The molecule has 0 aliphatic rings. The van der Waals surface area contributed by atoms with Crippen molar-refractivity contribution < 1.29 is 0 Å². The van der Waals surface area contributed by atoms with Crippen LogP contribution in [-0.2, 0) is 0 Å². The standard InChI is InChI=1S/C16H22N2/c1-4-6-7-16(12-17)18-13(3)15-10-8-14(5-2)9-11-15/h5,8-13,17H,2,4,6-7H2,1,3H3/b17-12?,18-16-. The van der Waals surface area contributed by atoms with Gasteiger partial charge in [-0.25, -0.2) is 0 Å². The van der Waals surface area contributed by atoms with Gasteiger partial charge in [0, 0.05) is 6.21 Å². The predicted molar refractivity (Wildman–Crippen MR) is 80.7 cm³/mol. The van der Waals surface area contributed by atoms with E-state index in [9.17, 15) is 0 Å². The largest absolute Gasteiger partial charge is 0.307 e. The van der Waals surface area contributed by atoms with Crippen LogP contribution in [0.3, 0.4) is 0 Å². The molecule has 18 heavy (non-hydrogen) atoms. The minimum Gasteiger partial charge on any atom is -0.307 e. The third kappa shape index (κ3) is 4.28. The molecule has 0 saturated heterocycles. The number of rotatable bonds is 7. The Morgan fingerprint density at radius 2 is 2.06 bits per heavy atom. The van der Waals surface area contributed by atoms with Crippen LogP contribution in [0.25, 0.3) is 6.08 Å². The summed E-state index contributed by atoms with van der Waals surface area (Å²) in [6.45, 7) is 7.96. The molecule has 0 aliphatic carbocycles. The van der Waals surface area contributed by atoms with Crippen molar-refractivity contribution in [2.45, 2.75) is 39.2 Å². The third-order valence-electron chi connectivity index (χ3n) is 2.97. The van der Waals surface area contributed by atoms with E-state index in [1.165, 1.54) is 11.8 Å². The molecule has 0 spiro atoms. The molecule has 2 nitrogen and oxygen atoms in total. The molecule has 0 aliphatic heterocycles. The molecule has 1 rings (SSSR count). The van der Waals surface area contributed by atoms with E-state index in [-0.39, 0.29) is 6.04 Å². The molecule has 0 fully saturated rings. The van der Waals surface area contributed by atoms with E-state index in [1.54, 1.807) is 0 Å². The number of unbranched alkanes of at least 4 members (excludes halogenated alkanes) is 1. The third-order valence-corrected chi connectivity index (χ3v) is 2.97. The molecule has 0 saturated carbocycles. The van der Waals surface area contributed by atoms with Crippen LogP contribution >= 0.6 is 0 Å². The number of benzene rings is 1. The highest BCUT2D eigenvalue weighted by Crippen LogP contribution is 2.18. The van der Waals surface area contributed by atoms with Crippen molar-refractivity contribution in [3.8, 4) is 0 Å². The smallest absolute Gasteiger partial charge is 0.0724 e. The van der Waals surface area contributed by atoms with Crippen LogP contribution in [0.4, 0.5) is 0 Å². The molecular formula is C16H22N2. The monoisotopic (exact) mass is 242 g/mol. The average Bonchev–Trinajstić information content (AvgIpc) is 2.43. The van der Waals surface area contributed by atoms with E-state index in [0.717, 1.165) is 30.5 Å². The number of aliphatic imine (C=N–C) groups is 1. The lowest BCUT2D eigenvalue weighted by atomic mass is 10.1. The molecule has 1 N–H and O–H groups in total. The quantitative estimate of drug-likeness (QED) is 0.674. The maximum absolute atomic E-state index is 7.39. The minimum atomic E-state index is 0.109. The Balaban J connectivity index is 2.77. The van der Waals surface area contributed by atoms with Gasteiger partial charge in [-0.1, -0.05) is 50.3 Å². The van der Waals surface area contributed by atoms with Crippen molar-refractivity contribution in [2.24, 2.45) is 4.99 Å². The Morgan fingerprint density at radius 3 is 2.56 bits per heavy atom. The molecule has 1 aromatic carbocycles. The van der Waals surface area contributed by atoms with Gasteiger partial charge in [0.1, 0.15) is 0 Å². The SMILES string of the molecule is C=Cc1ccc(C(C)/N=C(\C=N)CCCC)cc1. The maximum Gasteiger partial charge on any atom is 0.0724 e. The number of hydrogen-bond donors (Lipinski definition) is 1. The second-order valence-corrected chi connectivity index (χ2v) is 4.42. The van der Waals surface area contributed by atoms with Crippen LogP contribution < -0.4 is 0 Å². The predicted octanol–water partition coefficient (Wildman–Crippen LogP) is 4.67. The van der Waals surface area contributed by atoms with Gasteiger partial charge in [0.25, 0.3) is 0 Å². The first-order valence-electron chi connectivity index (χ1n) is 6.50. The first-order chi connectivity index (χ1) is 8.71. The van der Waals surface area contributed by atoms with Crippen LogP contribution in [0, 0.1) is 5.41 Å². The van der Waals surface area contributed by atoms with Gasteiger partial charge in [-0.15, -0.1) is 0 Å². The molecule has 1 aromatic rings. The molecule has 0 aromatic heterocycles. The summed E-state index contributed by atoms with van der Waals surface area (Å²) in [5.74, 6) is 0. The summed E-state index contributed by atoms with van der Waals surface area (Å²) in [7, 11) is 0. The van der Waals surface area contributed by atoms with Gasteiger partial charge in [-0.2, -0.15) is 0 Å². The summed E-state index contributed by atoms with van der Waals surface area (Å²) in [5, 5.41) is 7.39. The minimum absolute atomic E-state index is 0.109. The van der Waals surface area contributed by atoms with Gasteiger partial charge in [-0.05, 0) is 30.9 Å². The van der Waals surface area contributed by atoms with Crippen molar-refractivity contribution in [3.05, 3.63) is 42.0 Å². The molecule has 0 heterocycles. The molecule has 0 bridgehead atoms. The van der Waals surface area contributed by atoms with Gasteiger partial charge in [0.15, 0.2) is 0 Å². The molecule has 96 valence electrons. The summed E-state index contributed by atoms with van der Waals surface area (Å²) >= 11 is 0. The fourth-order valence-corrected chi connectivity index (χ4v) is 1.77. The van der Waals surface area contributed by atoms with Gasteiger partial charge in [0.05, 0.1) is 11.8 Å². The van der Waals surface area contributed by atoms with E-state index in [2.05, 4.69) is 37.6 Å². The molecule has 1 unspecified atom stereocenters. The van der Waals surface area contributed by atoms with Crippen LogP contribution in [0.15, 0.2) is 35.8 Å². The zero-order valence-corrected chi connectivity index (χ0v) is 11.3. The summed E-state index contributed by atoms with van der Waals surface area (Å²) in [6, 6.07) is 8.35. The summed E-state index contributed by atoms with van der Waals surface area (Å²) in [4.78, 5) is 4.61. The summed E-state index contributed by atoms with van der Waals surface area (Å²) < 4.78 is 0. The Bertz CT molecular complexity index is 415. The van der Waals surface area contributed by atoms with Gasteiger partial charge < -0.3 is 5.41 Å². The van der Waals surface area contributed by atoms with Gasteiger partial charge >= 0.3 is 0 Å². The second kappa shape index (κ2) is 7.59. The zero-order chi connectivity index (χ0) is 13.4. The molecule has 0 amide bonds. The highest BCUT2D eigenvalue weighted by Gasteiger charge is 2.04. The fraction of sp³-hybridized carbons (Fsp3) is 0.375. The fourth-order valence-electron chi connectivity index (χ4n) is 1.77. The van der Waals surface area contributed by atoms with Crippen molar-refractivity contribution in [1.82, 2.24) is 0 Å². The lowest BCUT2D eigenvalue weighted by Crippen LogP contribution is -2.02. The van der Waals surface area contributed by atoms with Crippen LogP contribution in [-0.4, -0.2) is 11.9 Å². The van der Waals surface area contributed by atoms with Crippen molar-refractivity contribution >= 4 is 18.0 Å². The van der Waals surface area contributed by atoms with E-state index in [0.29, 0.717) is 0 Å². The van der Waals surface area contributed by atoms with Gasteiger partial charge in [-0.3, -0.25) is 4.99 Å². The molecule has 0 radical (unpaired) electrons. The van der Waals surface area contributed by atoms with E-state index in [4.69, 9.17) is 5.41 Å². The highest BCUT2D eigenvalue weighted by atomic mass is 14.8. The van der Waals surface area contributed by atoms with E-state index >= 15 is 0 Å². The Hall–Kier alpha value is -1.70. The second-order valence-electron chi connectivity index (χ2n) is 4.42. The van der Waals surface area contributed by atoms with Crippen LogP contribution in [0.1, 0.15) is 50.3 Å². The summed E-state index contributed by atoms with van der Waals surface area (Å²) in [5.41, 5.74) is 3.18. The van der Waals surface area contributed by atoms with E-state index in [1.807, 2.05) is 18.2 Å². The molecular weight excluding hydrogens is 220 g/mol.